The van der Waals surface area contributed by atoms with E-state index in [1.807, 2.05) is 35.7 Å². The number of aromatic nitrogens is 1. The van der Waals surface area contributed by atoms with Crippen molar-refractivity contribution in [2.45, 2.75) is 49.2 Å². The summed E-state index contributed by atoms with van der Waals surface area (Å²) in [6.07, 6.45) is 1.18. The van der Waals surface area contributed by atoms with Crippen molar-refractivity contribution in [2.24, 2.45) is 0 Å². The second kappa shape index (κ2) is 9.58. The van der Waals surface area contributed by atoms with E-state index in [1.165, 1.54) is 0 Å². The van der Waals surface area contributed by atoms with Gasteiger partial charge in [0.2, 0.25) is 0 Å². The van der Waals surface area contributed by atoms with Crippen LogP contribution in [0.25, 0.3) is 11.3 Å². The van der Waals surface area contributed by atoms with Crippen molar-refractivity contribution in [1.29, 1.82) is 0 Å². The third-order valence-electron chi connectivity index (χ3n) is 6.34. The minimum Gasteiger partial charge on any atom is -0.497 e. The molecule has 1 aromatic heterocycles. The maximum atomic E-state index is 13.2. The second-order valence-corrected chi connectivity index (χ2v) is 12.7. The molecular weight excluding hydrogens is 468 g/mol. The molecule has 0 atom stereocenters. The van der Waals surface area contributed by atoms with Crippen LogP contribution in [0.1, 0.15) is 39.2 Å². The lowest BCUT2D eigenvalue weighted by Gasteiger charge is -2.31. The normalized spacial score (nSPS) is 15.4. The summed E-state index contributed by atoms with van der Waals surface area (Å²) in [4.78, 5) is 7.42. The summed E-state index contributed by atoms with van der Waals surface area (Å²) >= 11 is 1.57. The van der Waals surface area contributed by atoms with Gasteiger partial charge in [-0.3, -0.25) is 0 Å². The zero-order valence-electron chi connectivity index (χ0n) is 20.4. The summed E-state index contributed by atoms with van der Waals surface area (Å²) < 4.78 is 37.2. The lowest BCUT2D eigenvalue weighted by molar-refractivity contribution is 0.394. The van der Waals surface area contributed by atoms with Crippen LogP contribution in [-0.2, 0) is 15.3 Å². The van der Waals surface area contributed by atoms with Gasteiger partial charge in [0.1, 0.15) is 11.5 Å². The minimum atomic E-state index is -3.35. The molecule has 0 amide bonds. The van der Waals surface area contributed by atoms with Crippen molar-refractivity contribution in [3.63, 3.8) is 0 Å². The van der Waals surface area contributed by atoms with Gasteiger partial charge in [-0.1, -0.05) is 32.9 Å². The molecule has 0 spiro atoms. The van der Waals surface area contributed by atoms with Crippen LogP contribution in [0, 0.1) is 0 Å². The molecular formula is C26H32N2O4S2. The number of hydrogen-bond donors (Lipinski definition) is 0. The SMILES string of the molecule is COc1cc(OC)cc(-c2csc(N3CCC(S(=O)(=O)c4ccc(C(C)(C)C)cc4)CC3)n2)c1. The fourth-order valence-electron chi connectivity index (χ4n) is 4.19. The van der Waals surface area contributed by atoms with Gasteiger partial charge in [0.15, 0.2) is 15.0 Å². The highest BCUT2D eigenvalue weighted by molar-refractivity contribution is 7.92. The highest BCUT2D eigenvalue weighted by atomic mass is 32.2. The van der Waals surface area contributed by atoms with Gasteiger partial charge < -0.3 is 14.4 Å². The van der Waals surface area contributed by atoms with Gasteiger partial charge in [-0.25, -0.2) is 13.4 Å². The van der Waals surface area contributed by atoms with E-state index in [9.17, 15) is 8.42 Å². The highest BCUT2D eigenvalue weighted by Crippen LogP contribution is 2.35. The predicted octanol–water partition coefficient (Wildman–Crippen LogP) is 5.57. The van der Waals surface area contributed by atoms with Crippen LogP contribution in [0.15, 0.2) is 52.7 Å². The van der Waals surface area contributed by atoms with Gasteiger partial charge in [-0.2, -0.15) is 0 Å². The first-order chi connectivity index (χ1) is 16.1. The van der Waals surface area contributed by atoms with E-state index in [2.05, 4.69) is 25.7 Å². The Morgan fingerprint density at radius 3 is 2.09 bits per heavy atom. The number of sulfone groups is 1. The molecule has 0 unspecified atom stereocenters. The van der Waals surface area contributed by atoms with Crippen molar-refractivity contribution in [2.75, 3.05) is 32.2 Å². The average Bonchev–Trinajstić information content (AvgIpc) is 3.34. The smallest absolute Gasteiger partial charge is 0.185 e. The molecule has 0 radical (unpaired) electrons. The number of ether oxygens (including phenoxy) is 2. The maximum Gasteiger partial charge on any atom is 0.185 e. The zero-order chi connectivity index (χ0) is 24.5. The number of methoxy groups -OCH3 is 2. The Kier molecular flexibility index (Phi) is 6.92. The van der Waals surface area contributed by atoms with Crippen molar-refractivity contribution < 1.29 is 17.9 Å². The first kappa shape index (κ1) is 24.5. The molecule has 182 valence electrons. The third kappa shape index (κ3) is 5.08. The zero-order valence-corrected chi connectivity index (χ0v) is 22.0. The summed E-state index contributed by atoms with van der Waals surface area (Å²) in [5.74, 6) is 1.43. The number of thiazole rings is 1. The van der Waals surface area contributed by atoms with Gasteiger partial charge in [0, 0.05) is 30.1 Å². The average molecular weight is 501 g/mol. The van der Waals surface area contributed by atoms with Crippen molar-refractivity contribution in [3.8, 4) is 22.8 Å². The molecule has 1 aliphatic heterocycles. The molecule has 3 aromatic rings. The topological polar surface area (TPSA) is 68.7 Å². The van der Waals surface area contributed by atoms with Gasteiger partial charge in [-0.15, -0.1) is 11.3 Å². The monoisotopic (exact) mass is 500 g/mol. The molecule has 1 fully saturated rings. The largest absolute Gasteiger partial charge is 0.497 e. The van der Waals surface area contributed by atoms with Crippen LogP contribution in [0.5, 0.6) is 11.5 Å². The summed E-state index contributed by atoms with van der Waals surface area (Å²) in [5.41, 5.74) is 2.91. The molecule has 4 rings (SSSR count). The number of hydrogen-bond acceptors (Lipinski definition) is 7. The van der Waals surface area contributed by atoms with Crippen molar-refractivity contribution >= 4 is 26.3 Å². The Balaban J connectivity index is 1.45. The Hall–Kier alpha value is -2.58. The van der Waals surface area contributed by atoms with Gasteiger partial charge >= 0.3 is 0 Å². The molecule has 0 aliphatic carbocycles. The van der Waals surface area contributed by atoms with E-state index in [0.29, 0.717) is 42.3 Å². The first-order valence-corrected chi connectivity index (χ1v) is 13.8. The number of benzene rings is 2. The quantitative estimate of drug-likeness (QED) is 0.441. The molecule has 1 aliphatic rings. The lowest BCUT2D eigenvalue weighted by atomic mass is 9.87. The highest BCUT2D eigenvalue weighted by Gasteiger charge is 2.32. The number of anilines is 1. The fourth-order valence-corrected chi connectivity index (χ4v) is 6.81. The maximum absolute atomic E-state index is 13.2. The Labute approximate surface area is 206 Å². The molecule has 0 bridgehead atoms. The van der Waals surface area contributed by atoms with Crippen molar-refractivity contribution in [3.05, 3.63) is 53.4 Å². The van der Waals surface area contributed by atoms with Gasteiger partial charge in [0.25, 0.3) is 0 Å². The Morgan fingerprint density at radius 2 is 1.56 bits per heavy atom. The first-order valence-electron chi connectivity index (χ1n) is 11.4. The standard InChI is InChI=1S/C26H32N2O4S2/c1-26(2,3)19-6-8-22(9-7-19)34(29,30)23-10-12-28(13-11-23)25-27-24(17-33-25)18-14-20(31-4)16-21(15-18)32-5/h6-9,14-17,23H,10-13H2,1-5H3. The molecule has 6 nitrogen and oxygen atoms in total. The van der Waals surface area contributed by atoms with Crippen LogP contribution >= 0.6 is 11.3 Å². The van der Waals surface area contributed by atoms with E-state index in [1.54, 1.807) is 37.7 Å². The molecule has 2 aromatic carbocycles. The molecule has 2 heterocycles. The third-order valence-corrected chi connectivity index (χ3v) is 9.52. The number of rotatable bonds is 6. The van der Waals surface area contributed by atoms with Crippen LogP contribution in [0.4, 0.5) is 5.13 Å². The Morgan fingerprint density at radius 1 is 0.971 bits per heavy atom. The van der Waals surface area contributed by atoms with E-state index < -0.39 is 9.84 Å². The van der Waals surface area contributed by atoms with Gasteiger partial charge in [-0.05, 0) is 48.1 Å². The van der Waals surface area contributed by atoms with Crippen LogP contribution in [-0.4, -0.2) is 46.0 Å². The number of nitrogens with zero attached hydrogens (tertiary/aromatic N) is 2. The summed E-state index contributed by atoms with van der Waals surface area (Å²) in [6, 6.07) is 13.1. The summed E-state index contributed by atoms with van der Waals surface area (Å²) in [6.45, 7) is 7.71. The Bertz CT molecular complexity index is 1210. The lowest BCUT2D eigenvalue weighted by Crippen LogP contribution is -2.39. The van der Waals surface area contributed by atoms with E-state index in [4.69, 9.17) is 14.5 Å². The number of piperidine rings is 1. The molecule has 0 saturated carbocycles. The molecule has 34 heavy (non-hydrogen) atoms. The van der Waals surface area contributed by atoms with Crippen LogP contribution in [0.2, 0.25) is 0 Å². The van der Waals surface area contributed by atoms with E-state index >= 15 is 0 Å². The molecule has 0 N–H and O–H groups in total. The summed E-state index contributed by atoms with van der Waals surface area (Å²) in [5, 5.41) is 2.55. The van der Waals surface area contributed by atoms with E-state index in [-0.39, 0.29) is 10.7 Å². The fraction of sp³-hybridized carbons (Fsp3) is 0.423. The predicted molar refractivity (Wildman–Crippen MR) is 138 cm³/mol. The van der Waals surface area contributed by atoms with E-state index in [0.717, 1.165) is 22.0 Å². The van der Waals surface area contributed by atoms with Crippen LogP contribution in [0.3, 0.4) is 0 Å². The van der Waals surface area contributed by atoms with Gasteiger partial charge in [0.05, 0.1) is 30.1 Å². The second-order valence-electron chi connectivity index (χ2n) is 9.62. The van der Waals surface area contributed by atoms with Crippen LogP contribution < -0.4 is 14.4 Å². The summed E-state index contributed by atoms with van der Waals surface area (Å²) in [7, 11) is -0.100. The minimum absolute atomic E-state index is 0.00376. The molecule has 8 heteroatoms. The molecule has 1 saturated heterocycles. The van der Waals surface area contributed by atoms with Crippen molar-refractivity contribution in [1.82, 2.24) is 4.98 Å².